The van der Waals surface area contributed by atoms with Gasteiger partial charge in [0.1, 0.15) is 9.88 Å². The Hall–Kier alpha value is -2.05. The van der Waals surface area contributed by atoms with E-state index in [-0.39, 0.29) is 5.92 Å². The molecule has 0 fully saturated rings. The maximum absolute atomic E-state index is 5.63. The zero-order valence-electron chi connectivity index (χ0n) is 11.5. The Morgan fingerprint density at radius 3 is 2.95 bits per heavy atom. The van der Waals surface area contributed by atoms with Crippen LogP contribution < -0.4 is 5.73 Å². The first kappa shape index (κ1) is 12.7. The van der Waals surface area contributed by atoms with Crippen LogP contribution in [0, 0.1) is 6.92 Å². The highest BCUT2D eigenvalue weighted by Crippen LogP contribution is 2.39. The molecule has 21 heavy (non-hydrogen) atoms. The molecule has 5 nitrogen and oxygen atoms in total. The number of fused-ring (bicyclic) bond motifs is 1. The molecule has 1 aromatic carbocycles. The number of nitrogens with zero attached hydrogens (tertiary/aromatic N) is 3. The van der Waals surface area contributed by atoms with E-state index in [9.17, 15) is 0 Å². The van der Waals surface area contributed by atoms with Crippen molar-refractivity contribution in [3.8, 4) is 10.8 Å². The minimum atomic E-state index is 0.251. The molecule has 0 saturated carbocycles. The van der Waals surface area contributed by atoms with Crippen LogP contribution in [0.25, 0.3) is 10.8 Å². The average Bonchev–Trinajstić information content (AvgIpc) is 3.07. The van der Waals surface area contributed by atoms with Gasteiger partial charge < -0.3 is 10.3 Å². The highest BCUT2D eigenvalue weighted by molar-refractivity contribution is 7.15. The third kappa shape index (κ3) is 1.99. The molecule has 0 amide bonds. The number of hydrogen-bond acceptors (Lipinski definition) is 6. The van der Waals surface area contributed by atoms with E-state index in [1.54, 1.807) is 0 Å². The quantitative estimate of drug-likeness (QED) is 0.804. The number of rotatable bonds is 3. The third-order valence-electron chi connectivity index (χ3n) is 3.82. The van der Waals surface area contributed by atoms with Crippen molar-refractivity contribution in [2.75, 3.05) is 0 Å². The van der Waals surface area contributed by atoms with Crippen molar-refractivity contribution in [1.29, 1.82) is 0 Å². The molecule has 2 N–H and O–H groups in total. The fourth-order valence-corrected chi connectivity index (χ4v) is 3.56. The van der Waals surface area contributed by atoms with E-state index in [2.05, 4.69) is 33.3 Å². The van der Waals surface area contributed by atoms with Gasteiger partial charge in [0.25, 0.3) is 5.89 Å². The first-order valence-corrected chi connectivity index (χ1v) is 7.66. The molecule has 2 heterocycles. The molecule has 6 heteroatoms. The highest BCUT2D eigenvalue weighted by Gasteiger charge is 2.31. The molecular weight excluding hydrogens is 284 g/mol. The van der Waals surface area contributed by atoms with Crippen LogP contribution in [-0.2, 0) is 13.0 Å². The molecule has 0 radical (unpaired) electrons. The van der Waals surface area contributed by atoms with E-state index in [1.165, 1.54) is 22.5 Å². The van der Waals surface area contributed by atoms with Crippen molar-refractivity contribution < 1.29 is 4.52 Å². The van der Waals surface area contributed by atoms with Crippen LogP contribution in [0.15, 0.2) is 28.8 Å². The summed E-state index contributed by atoms with van der Waals surface area (Å²) in [5.74, 6) is 1.55. The number of thiazole rings is 1. The van der Waals surface area contributed by atoms with Crippen LogP contribution in [0.1, 0.15) is 33.6 Å². The van der Waals surface area contributed by atoms with Gasteiger partial charge in [-0.15, -0.1) is 11.3 Å². The zero-order valence-corrected chi connectivity index (χ0v) is 12.4. The Labute approximate surface area is 125 Å². The maximum Gasteiger partial charge on any atom is 0.269 e. The second-order valence-corrected chi connectivity index (χ2v) is 6.22. The Morgan fingerprint density at radius 2 is 2.19 bits per heavy atom. The standard InChI is InChI=1S/C15H14N4OS/c1-8-13(21-12(7-16)17-8)15-18-14(19-20-15)11-6-9-4-2-3-5-10(9)11/h2-5,11H,6-7,16H2,1H3. The van der Waals surface area contributed by atoms with Gasteiger partial charge in [-0.25, -0.2) is 4.98 Å². The fourth-order valence-electron chi connectivity index (χ4n) is 2.70. The van der Waals surface area contributed by atoms with Crippen molar-refractivity contribution in [1.82, 2.24) is 15.1 Å². The zero-order chi connectivity index (χ0) is 14.4. The molecule has 0 saturated heterocycles. The second-order valence-electron chi connectivity index (χ2n) is 5.14. The lowest BCUT2D eigenvalue weighted by Crippen LogP contribution is -2.19. The normalized spacial score (nSPS) is 16.6. The van der Waals surface area contributed by atoms with Gasteiger partial charge in [-0.05, 0) is 24.5 Å². The van der Waals surface area contributed by atoms with Crippen LogP contribution in [0.3, 0.4) is 0 Å². The van der Waals surface area contributed by atoms with Crippen molar-refractivity contribution in [2.24, 2.45) is 5.73 Å². The van der Waals surface area contributed by atoms with Gasteiger partial charge in [-0.2, -0.15) is 4.98 Å². The molecule has 0 bridgehead atoms. The van der Waals surface area contributed by atoms with Crippen LogP contribution >= 0.6 is 11.3 Å². The van der Waals surface area contributed by atoms with Gasteiger partial charge in [-0.1, -0.05) is 29.4 Å². The lowest BCUT2D eigenvalue weighted by molar-refractivity contribution is 0.417. The van der Waals surface area contributed by atoms with Gasteiger partial charge in [0.2, 0.25) is 0 Å². The Kier molecular flexibility index (Phi) is 2.87. The van der Waals surface area contributed by atoms with E-state index in [0.29, 0.717) is 12.4 Å². The number of nitrogens with two attached hydrogens (primary N) is 1. The summed E-state index contributed by atoms with van der Waals surface area (Å²) >= 11 is 1.52. The third-order valence-corrected chi connectivity index (χ3v) is 4.99. The average molecular weight is 298 g/mol. The molecular formula is C15H14N4OS. The Morgan fingerprint density at radius 1 is 1.33 bits per heavy atom. The molecule has 1 aliphatic carbocycles. The van der Waals surface area contributed by atoms with Crippen LogP contribution in [0.5, 0.6) is 0 Å². The Bertz CT molecular complexity index is 808. The first-order valence-electron chi connectivity index (χ1n) is 6.84. The summed E-state index contributed by atoms with van der Waals surface area (Å²) in [6, 6.07) is 8.39. The summed E-state index contributed by atoms with van der Waals surface area (Å²) in [4.78, 5) is 9.88. The van der Waals surface area contributed by atoms with Crippen molar-refractivity contribution >= 4 is 11.3 Å². The highest BCUT2D eigenvalue weighted by atomic mass is 32.1. The van der Waals surface area contributed by atoms with Gasteiger partial charge >= 0.3 is 0 Å². The Balaban J connectivity index is 1.66. The van der Waals surface area contributed by atoms with E-state index in [4.69, 9.17) is 10.3 Å². The summed E-state index contributed by atoms with van der Waals surface area (Å²) in [5.41, 5.74) is 9.19. The summed E-state index contributed by atoms with van der Waals surface area (Å²) in [5, 5.41) is 5.04. The molecule has 4 rings (SSSR count). The maximum atomic E-state index is 5.63. The van der Waals surface area contributed by atoms with Gasteiger partial charge in [0.15, 0.2) is 5.82 Å². The number of aromatic nitrogens is 3. The summed E-state index contributed by atoms with van der Waals surface area (Å²) in [7, 11) is 0. The topological polar surface area (TPSA) is 77.8 Å². The second kappa shape index (κ2) is 4.75. The SMILES string of the molecule is Cc1nc(CN)sc1-c1nc(C2Cc3ccccc32)no1. The van der Waals surface area contributed by atoms with Crippen molar-refractivity contribution in [3.05, 3.63) is 51.9 Å². The van der Waals surface area contributed by atoms with Crippen LogP contribution in [0.4, 0.5) is 0 Å². The van der Waals surface area contributed by atoms with E-state index in [0.717, 1.165) is 27.8 Å². The minimum absolute atomic E-state index is 0.251. The van der Waals surface area contributed by atoms with Crippen molar-refractivity contribution in [3.63, 3.8) is 0 Å². The molecule has 0 aliphatic heterocycles. The summed E-state index contributed by atoms with van der Waals surface area (Å²) in [6.45, 7) is 2.37. The fraction of sp³-hybridized carbons (Fsp3) is 0.267. The monoisotopic (exact) mass is 298 g/mol. The lowest BCUT2D eigenvalue weighted by Gasteiger charge is -2.27. The van der Waals surface area contributed by atoms with Gasteiger partial charge in [0.05, 0.1) is 11.6 Å². The summed E-state index contributed by atoms with van der Waals surface area (Å²) in [6.07, 6.45) is 0.977. The molecule has 0 spiro atoms. The molecule has 1 atom stereocenters. The molecule has 106 valence electrons. The number of hydrogen-bond donors (Lipinski definition) is 1. The molecule has 2 aromatic heterocycles. The molecule has 3 aromatic rings. The van der Waals surface area contributed by atoms with Crippen LogP contribution in [0.2, 0.25) is 0 Å². The summed E-state index contributed by atoms with van der Waals surface area (Å²) < 4.78 is 5.43. The van der Waals surface area contributed by atoms with E-state index < -0.39 is 0 Å². The smallest absolute Gasteiger partial charge is 0.269 e. The predicted molar refractivity (Wildman–Crippen MR) is 80.0 cm³/mol. The predicted octanol–water partition coefficient (Wildman–Crippen LogP) is 2.65. The van der Waals surface area contributed by atoms with Crippen molar-refractivity contribution in [2.45, 2.75) is 25.8 Å². The number of aryl methyl sites for hydroxylation is 1. The largest absolute Gasteiger partial charge is 0.333 e. The van der Waals surface area contributed by atoms with Gasteiger partial charge in [0, 0.05) is 6.54 Å². The van der Waals surface area contributed by atoms with Gasteiger partial charge in [-0.3, -0.25) is 0 Å². The number of benzene rings is 1. The van der Waals surface area contributed by atoms with E-state index in [1.807, 2.05) is 13.0 Å². The lowest BCUT2D eigenvalue weighted by atomic mass is 9.77. The first-order chi connectivity index (χ1) is 10.3. The van der Waals surface area contributed by atoms with E-state index >= 15 is 0 Å². The minimum Gasteiger partial charge on any atom is -0.333 e. The molecule has 1 unspecified atom stereocenters. The van der Waals surface area contributed by atoms with Crippen LogP contribution in [-0.4, -0.2) is 15.1 Å². The molecule has 1 aliphatic rings.